The number of para-hydroxylation sites is 1. The predicted molar refractivity (Wildman–Crippen MR) is 115 cm³/mol. The molecule has 1 unspecified atom stereocenters. The molecule has 7 heteroatoms. The lowest BCUT2D eigenvalue weighted by molar-refractivity contribution is -0.140. The predicted octanol–water partition coefficient (Wildman–Crippen LogP) is 1.29. The van der Waals surface area contributed by atoms with Gasteiger partial charge in [0.05, 0.1) is 6.54 Å². The zero-order valence-corrected chi connectivity index (χ0v) is 18.0. The van der Waals surface area contributed by atoms with E-state index in [0.29, 0.717) is 25.4 Å². The largest absolute Gasteiger partial charge is 0.481 e. The van der Waals surface area contributed by atoms with Gasteiger partial charge in [0.2, 0.25) is 5.91 Å². The highest BCUT2D eigenvalue weighted by Gasteiger charge is 2.31. The van der Waals surface area contributed by atoms with Gasteiger partial charge in [0.25, 0.3) is 5.91 Å². The van der Waals surface area contributed by atoms with Crippen molar-refractivity contribution in [3.05, 3.63) is 30.3 Å². The molecule has 2 aliphatic heterocycles. The second-order valence-corrected chi connectivity index (χ2v) is 8.68. The third-order valence-corrected chi connectivity index (χ3v) is 6.70. The number of carbonyl (C=O) groups excluding carboxylic acids is 2. The average Bonchev–Trinajstić information content (AvgIpc) is 2.74. The first kappa shape index (κ1) is 21.1. The van der Waals surface area contributed by atoms with E-state index in [1.165, 1.54) is 19.3 Å². The summed E-state index contributed by atoms with van der Waals surface area (Å²) in [6.07, 6.45) is 3.50. The first-order valence-electron chi connectivity index (χ1n) is 11.3. The molecule has 164 valence electrons. The fourth-order valence-corrected chi connectivity index (χ4v) is 4.52. The molecule has 0 spiro atoms. The second kappa shape index (κ2) is 9.79. The Balaban J connectivity index is 1.17. The summed E-state index contributed by atoms with van der Waals surface area (Å²) in [5, 5.41) is 0. The zero-order valence-electron chi connectivity index (χ0n) is 18.0. The van der Waals surface area contributed by atoms with Gasteiger partial charge in [-0.05, 0) is 31.9 Å². The summed E-state index contributed by atoms with van der Waals surface area (Å²) in [4.78, 5) is 34.0. The van der Waals surface area contributed by atoms with Gasteiger partial charge in [0.15, 0.2) is 6.10 Å². The highest BCUT2D eigenvalue weighted by atomic mass is 16.5. The zero-order chi connectivity index (χ0) is 20.9. The van der Waals surface area contributed by atoms with E-state index in [9.17, 15) is 9.59 Å². The van der Waals surface area contributed by atoms with Gasteiger partial charge >= 0.3 is 0 Å². The van der Waals surface area contributed by atoms with Gasteiger partial charge in [-0.2, -0.15) is 0 Å². The minimum Gasteiger partial charge on any atom is -0.481 e. The lowest BCUT2D eigenvalue weighted by atomic mass is 9.91. The highest BCUT2D eigenvalue weighted by Crippen LogP contribution is 2.25. The van der Waals surface area contributed by atoms with Gasteiger partial charge in [-0.1, -0.05) is 24.6 Å². The van der Waals surface area contributed by atoms with Crippen LogP contribution in [-0.4, -0.2) is 102 Å². The molecule has 0 radical (unpaired) electrons. The molecule has 2 amide bonds. The molecule has 0 bridgehead atoms. The van der Waals surface area contributed by atoms with Crippen molar-refractivity contribution < 1.29 is 14.3 Å². The molecule has 1 atom stereocenters. The Morgan fingerprint density at radius 2 is 1.57 bits per heavy atom. The molecule has 1 aliphatic carbocycles. The fraction of sp³-hybridized carbons (Fsp3) is 0.652. The number of ether oxygens (including phenoxy) is 1. The van der Waals surface area contributed by atoms with Crippen LogP contribution in [0.1, 0.15) is 26.2 Å². The molecule has 0 N–H and O–H groups in total. The summed E-state index contributed by atoms with van der Waals surface area (Å²) >= 11 is 0. The third-order valence-electron chi connectivity index (χ3n) is 6.70. The standard InChI is InChI=1S/C23H34N4O3/c1-19(30-21-8-3-2-4-9-21)23(29)27-12-10-24(11-13-27)18-22(28)26-16-14-25(15-17-26)20-6-5-7-20/h2-4,8-9,19-20H,5-7,10-18H2,1H3. The number of piperazine rings is 2. The molecule has 1 saturated carbocycles. The third kappa shape index (κ3) is 5.13. The average molecular weight is 415 g/mol. The molecule has 3 aliphatic rings. The molecule has 4 rings (SSSR count). The molecular formula is C23H34N4O3. The van der Waals surface area contributed by atoms with E-state index in [0.717, 1.165) is 45.3 Å². The van der Waals surface area contributed by atoms with E-state index >= 15 is 0 Å². The van der Waals surface area contributed by atoms with Crippen LogP contribution in [0.5, 0.6) is 5.75 Å². The van der Waals surface area contributed by atoms with Crippen LogP contribution in [0, 0.1) is 0 Å². The van der Waals surface area contributed by atoms with E-state index < -0.39 is 6.10 Å². The number of amides is 2. The van der Waals surface area contributed by atoms with Gasteiger partial charge in [-0.3, -0.25) is 19.4 Å². The monoisotopic (exact) mass is 414 g/mol. The van der Waals surface area contributed by atoms with Crippen LogP contribution < -0.4 is 4.74 Å². The van der Waals surface area contributed by atoms with Crippen molar-refractivity contribution in [1.82, 2.24) is 19.6 Å². The molecule has 2 heterocycles. The lowest BCUT2D eigenvalue weighted by Crippen LogP contribution is -2.57. The van der Waals surface area contributed by atoms with Crippen molar-refractivity contribution in [3.8, 4) is 5.75 Å². The van der Waals surface area contributed by atoms with Crippen LogP contribution >= 0.6 is 0 Å². The first-order chi connectivity index (χ1) is 14.6. The van der Waals surface area contributed by atoms with E-state index in [1.807, 2.05) is 40.1 Å². The smallest absolute Gasteiger partial charge is 0.263 e. The normalized spacial score (nSPS) is 22.4. The molecule has 2 saturated heterocycles. The minimum absolute atomic E-state index is 0.0111. The number of rotatable bonds is 6. The summed E-state index contributed by atoms with van der Waals surface area (Å²) in [5.41, 5.74) is 0. The SMILES string of the molecule is CC(Oc1ccccc1)C(=O)N1CCN(CC(=O)N2CCN(C3CCC3)CC2)CC1. The Kier molecular flexibility index (Phi) is 6.89. The van der Waals surface area contributed by atoms with Crippen LogP contribution in [-0.2, 0) is 9.59 Å². The maximum Gasteiger partial charge on any atom is 0.263 e. The van der Waals surface area contributed by atoms with Gasteiger partial charge in [-0.25, -0.2) is 0 Å². The molecule has 1 aromatic rings. The van der Waals surface area contributed by atoms with Crippen LogP contribution in [0.4, 0.5) is 0 Å². The Morgan fingerprint density at radius 3 is 2.17 bits per heavy atom. The maximum absolute atomic E-state index is 12.7. The topological polar surface area (TPSA) is 56.3 Å². The van der Waals surface area contributed by atoms with Crippen molar-refractivity contribution in [3.63, 3.8) is 0 Å². The van der Waals surface area contributed by atoms with Gasteiger partial charge in [0.1, 0.15) is 5.75 Å². The first-order valence-corrected chi connectivity index (χ1v) is 11.3. The molecule has 7 nitrogen and oxygen atoms in total. The number of hydrogen-bond donors (Lipinski definition) is 0. The number of benzene rings is 1. The van der Waals surface area contributed by atoms with Crippen molar-refractivity contribution in [2.75, 3.05) is 58.9 Å². The summed E-state index contributed by atoms with van der Waals surface area (Å²) in [5.74, 6) is 0.945. The lowest BCUT2D eigenvalue weighted by Gasteiger charge is -2.43. The molecule has 0 aromatic heterocycles. The van der Waals surface area contributed by atoms with Crippen LogP contribution in [0.25, 0.3) is 0 Å². The van der Waals surface area contributed by atoms with E-state index in [2.05, 4.69) is 9.80 Å². The Labute approximate surface area is 179 Å². The van der Waals surface area contributed by atoms with E-state index in [1.54, 1.807) is 6.92 Å². The molecule has 1 aromatic carbocycles. The summed E-state index contributed by atoms with van der Waals surface area (Å²) in [7, 11) is 0. The summed E-state index contributed by atoms with van der Waals surface area (Å²) < 4.78 is 5.77. The van der Waals surface area contributed by atoms with Crippen molar-refractivity contribution in [1.29, 1.82) is 0 Å². The highest BCUT2D eigenvalue weighted by molar-refractivity contribution is 5.81. The van der Waals surface area contributed by atoms with Crippen LogP contribution in [0.3, 0.4) is 0 Å². The maximum atomic E-state index is 12.7. The fourth-order valence-electron chi connectivity index (χ4n) is 4.52. The quantitative estimate of drug-likeness (QED) is 0.702. The van der Waals surface area contributed by atoms with Crippen molar-refractivity contribution in [2.24, 2.45) is 0 Å². The minimum atomic E-state index is -0.507. The molecular weight excluding hydrogens is 380 g/mol. The van der Waals surface area contributed by atoms with Crippen molar-refractivity contribution in [2.45, 2.75) is 38.3 Å². The Bertz CT molecular complexity index is 708. The Hall–Kier alpha value is -2.12. The van der Waals surface area contributed by atoms with E-state index in [-0.39, 0.29) is 11.8 Å². The number of nitrogens with zero attached hydrogens (tertiary/aromatic N) is 4. The molecule has 30 heavy (non-hydrogen) atoms. The van der Waals surface area contributed by atoms with Gasteiger partial charge < -0.3 is 14.5 Å². The summed E-state index contributed by atoms with van der Waals surface area (Å²) in [6, 6.07) is 10.2. The summed E-state index contributed by atoms with van der Waals surface area (Å²) in [6.45, 7) is 8.74. The van der Waals surface area contributed by atoms with Gasteiger partial charge in [-0.15, -0.1) is 0 Å². The molecule has 3 fully saturated rings. The number of carbonyl (C=O) groups is 2. The van der Waals surface area contributed by atoms with E-state index in [4.69, 9.17) is 4.74 Å². The van der Waals surface area contributed by atoms with Crippen LogP contribution in [0.2, 0.25) is 0 Å². The second-order valence-electron chi connectivity index (χ2n) is 8.68. The number of hydrogen-bond acceptors (Lipinski definition) is 5. The Morgan fingerprint density at radius 1 is 0.933 bits per heavy atom. The van der Waals surface area contributed by atoms with Crippen LogP contribution in [0.15, 0.2) is 30.3 Å². The van der Waals surface area contributed by atoms with Crippen molar-refractivity contribution >= 4 is 11.8 Å². The van der Waals surface area contributed by atoms with Gasteiger partial charge in [0, 0.05) is 58.4 Å².